The minimum atomic E-state index is -0.134. The van der Waals surface area contributed by atoms with Crippen LogP contribution in [0.5, 0.6) is 0 Å². The van der Waals surface area contributed by atoms with E-state index in [1.807, 2.05) is 30.3 Å². The van der Waals surface area contributed by atoms with E-state index in [-0.39, 0.29) is 6.03 Å². The van der Waals surface area contributed by atoms with Gasteiger partial charge >= 0.3 is 6.03 Å². The maximum absolute atomic E-state index is 11.6. The summed E-state index contributed by atoms with van der Waals surface area (Å²) < 4.78 is 5.24. The van der Waals surface area contributed by atoms with Gasteiger partial charge in [0.1, 0.15) is 0 Å². The van der Waals surface area contributed by atoms with Gasteiger partial charge in [-0.05, 0) is 5.56 Å². The molecule has 0 bridgehead atoms. The summed E-state index contributed by atoms with van der Waals surface area (Å²) in [5, 5.41) is 5.67. The Hall–Kier alpha value is -1.59. The second kappa shape index (κ2) is 6.98. The van der Waals surface area contributed by atoms with Crippen molar-refractivity contribution in [2.24, 2.45) is 0 Å². The summed E-state index contributed by atoms with van der Waals surface area (Å²) in [5.74, 6) is 0. The van der Waals surface area contributed by atoms with Gasteiger partial charge < -0.3 is 15.4 Å². The highest BCUT2D eigenvalue weighted by molar-refractivity contribution is 5.73. The quantitative estimate of drug-likeness (QED) is 0.829. The lowest BCUT2D eigenvalue weighted by atomic mass is 10.2. The molecule has 0 saturated carbocycles. The summed E-state index contributed by atoms with van der Waals surface area (Å²) in [6.07, 6.45) is 0. The molecule has 0 atom stereocenters. The van der Waals surface area contributed by atoms with Crippen LogP contribution < -0.4 is 10.6 Å². The molecular weight excluding hydrogens is 230 g/mol. The minimum absolute atomic E-state index is 0.134. The van der Waals surface area contributed by atoms with E-state index in [0.717, 1.165) is 31.9 Å². The number of carbonyl (C=O) groups excluding carboxylic acids is 1. The normalized spacial score (nSPS) is 16.2. The third-order valence-corrected chi connectivity index (χ3v) is 2.86. The molecule has 98 valence electrons. The van der Waals surface area contributed by atoms with Crippen molar-refractivity contribution in [3.05, 3.63) is 35.9 Å². The fourth-order valence-electron chi connectivity index (χ4n) is 1.78. The van der Waals surface area contributed by atoms with Gasteiger partial charge in [0, 0.05) is 19.6 Å². The van der Waals surface area contributed by atoms with Crippen molar-refractivity contribution >= 4 is 6.03 Å². The molecule has 1 aromatic rings. The van der Waals surface area contributed by atoms with Gasteiger partial charge in [0.05, 0.1) is 19.9 Å². The van der Waals surface area contributed by atoms with Crippen LogP contribution in [0, 0.1) is 0 Å². The number of carbonyl (C=O) groups is 1. The molecule has 0 aliphatic carbocycles. The average Bonchev–Trinajstić information content (AvgIpc) is 2.45. The van der Waals surface area contributed by atoms with E-state index in [1.54, 1.807) is 0 Å². The molecule has 2 N–H and O–H groups in total. The predicted octanol–water partition coefficient (Wildman–Crippen LogP) is 0.775. The van der Waals surface area contributed by atoms with Crippen molar-refractivity contribution in [2.75, 3.05) is 33.0 Å². The molecule has 0 spiro atoms. The molecule has 5 heteroatoms. The first-order valence-electron chi connectivity index (χ1n) is 6.20. The van der Waals surface area contributed by atoms with Crippen LogP contribution in [0.3, 0.4) is 0 Å². The van der Waals surface area contributed by atoms with Crippen LogP contribution in [0.15, 0.2) is 30.3 Å². The van der Waals surface area contributed by atoms with Gasteiger partial charge in [-0.25, -0.2) is 4.79 Å². The monoisotopic (exact) mass is 249 g/mol. The molecule has 18 heavy (non-hydrogen) atoms. The van der Waals surface area contributed by atoms with Crippen LogP contribution in [0.25, 0.3) is 0 Å². The Kier molecular flexibility index (Phi) is 4.99. The largest absolute Gasteiger partial charge is 0.379 e. The standard InChI is InChI=1S/C13H19N3O2/c17-13(14-10-12-4-2-1-3-5-12)15-11-16-6-8-18-9-7-16/h1-5H,6-11H2,(H2,14,15,17). The first-order chi connectivity index (χ1) is 8.84. The number of urea groups is 1. The zero-order valence-electron chi connectivity index (χ0n) is 10.4. The van der Waals surface area contributed by atoms with Crippen LogP contribution in [0.2, 0.25) is 0 Å². The van der Waals surface area contributed by atoms with E-state index in [0.29, 0.717) is 13.2 Å². The molecule has 1 saturated heterocycles. The van der Waals surface area contributed by atoms with Crippen molar-refractivity contribution in [2.45, 2.75) is 6.54 Å². The van der Waals surface area contributed by atoms with Crippen LogP contribution in [0.4, 0.5) is 4.79 Å². The lowest BCUT2D eigenvalue weighted by molar-refractivity contribution is 0.0355. The molecule has 0 aromatic heterocycles. The first kappa shape index (κ1) is 12.9. The molecule has 0 radical (unpaired) electrons. The number of benzene rings is 1. The number of hydrogen-bond acceptors (Lipinski definition) is 3. The molecule has 2 amide bonds. The summed E-state index contributed by atoms with van der Waals surface area (Å²) in [5.41, 5.74) is 1.10. The Bertz CT molecular complexity index is 364. The minimum Gasteiger partial charge on any atom is -0.379 e. The summed E-state index contributed by atoms with van der Waals surface area (Å²) in [6, 6.07) is 9.72. The van der Waals surface area contributed by atoms with E-state index >= 15 is 0 Å². The Morgan fingerprint density at radius 2 is 1.89 bits per heavy atom. The highest BCUT2D eigenvalue weighted by Gasteiger charge is 2.10. The molecular formula is C13H19N3O2. The molecule has 1 aliphatic rings. The Morgan fingerprint density at radius 3 is 2.61 bits per heavy atom. The Morgan fingerprint density at radius 1 is 1.17 bits per heavy atom. The molecule has 5 nitrogen and oxygen atoms in total. The van der Waals surface area contributed by atoms with Crippen molar-refractivity contribution < 1.29 is 9.53 Å². The van der Waals surface area contributed by atoms with Gasteiger partial charge in [-0.1, -0.05) is 30.3 Å². The van der Waals surface area contributed by atoms with Gasteiger partial charge in [0.15, 0.2) is 0 Å². The fraction of sp³-hybridized carbons (Fsp3) is 0.462. The Labute approximate surface area is 107 Å². The number of amides is 2. The van der Waals surface area contributed by atoms with Gasteiger partial charge in [0.25, 0.3) is 0 Å². The zero-order valence-corrected chi connectivity index (χ0v) is 10.4. The van der Waals surface area contributed by atoms with Crippen molar-refractivity contribution in [3.8, 4) is 0 Å². The second-order valence-electron chi connectivity index (χ2n) is 4.23. The molecule has 1 heterocycles. The van der Waals surface area contributed by atoms with E-state index in [9.17, 15) is 4.79 Å². The molecule has 1 fully saturated rings. The Balaban J connectivity index is 1.63. The first-order valence-corrected chi connectivity index (χ1v) is 6.20. The van der Waals surface area contributed by atoms with Gasteiger partial charge in [-0.3, -0.25) is 4.90 Å². The molecule has 1 aliphatic heterocycles. The predicted molar refractivity (Wildman–Crippen MR) is 69.1 cm³/mol. The number of hydrogen-bond donors (Lipinski definition) is 2. The van der Waals surface area contributed by atoms with E-state index in [4.69, 9.17) is 4.74 Å². The van der Waals surface area contributed by atoms with Gasteiger partial charge in [-0.15, -0.1) is 0 Å². The lowest BCUT2D eigenvalue weighted by Crippen LogP contribution is -2.46. The number of morpholine rings is 1. The smallest absolute Gasteiger partial charge is 0.316 e. The zero-order chi connectivity index (χ0) is 12.6. The van der Waals surface area contributed by atoms with Crippen molar-refractivity contribution in [1.82, 2.24) is 15.5 Å². The van der Waals surface area contributed by atoms with E-state index in [2.05, 4.69) is 15.5 Å². The number of nitrogens with zero attached hydrogens (tertiary/aromatic N) is 1. The number of nitrogens with one attached hydrogen (secondary N) is 2. The SMILES string of the molecule is O=C(NCc1ccccc1)NCN1CCOCC1. The summed E-state index contributed by atoms with van der Waals surface area (Å²) >= 11 is 0. The third-order valence-electron chi connectivity index (χ3n) is 2.86. The maximum atomic E-state index is 11.6. The fourth-order valence-corrected chi connectivity index (χ4v) is 1.78. The highest BCUT2D eigenvalue weighted by Crippen LogP contribution is 1.97. The average molecular weight is 249 g/mol. The molecule has 1 aromatic carbocycles. The summed E-state index contributed by atoms with van der Waals surface area (Å²) in [6.45, 7) is 4.36. The van der Waals surface area contributed by atoms with Crippen molar-refractivity contribution in [1.29, 1.82) is 0 Å². The summed E-state index contributed by atoms with van der Waals surface area (Å²) in [4.78, 5) is 13.7. The van der Waals surface area contributed by atoms with Crippen LogP contribution in [0.1, 0.15) is 5.56 Å². The van der Waals surface area contributed by atoms with E-state index in [1.165, 1.54) is 0 Å². The topological polar surface area (TPSA) is 53.6 Å². The van der Waals surface area contributed by atoms with Crippen molar-refractivity contribution in [3.63, 3.8) is 0 Å². The molecule has 0 unspecified atom stereocenters. The van der Waals surface area contributed by atoms with E-state index < -0.39 is 0 Å². The van der Waals surface area contributed by atoms with Crippen LogP contribution in [-0.2, 0) is 11.3 Å². The van der Waals surface area contributed by atoms with Crippen LogP contribution in [-0.4, -0.2) is 43.9 Å². The second-order valence-corrected chi connectivity index (χ2v) is 4.23. The number of ether oxygens (including phenoxy) is 1. The summed E-state index contributed by atoms with van der Waals surface area (Å²) in [7, 11) is 0. The van der Waals surface area contributed by atoms with Gasteiger partial charge in [-0.2, -0.15) is 0 Å². The third kappa shape index (κ3) is 4.35. The maximum Gasteiger partial charge on any atom is 0.316 e. The molecule has 2 rings (SSSR count). The lowest BCUT2D eigenvalue weighted by Gasteiger charge is -2.26. The van der Waals surface area contributed by atoms with Gasteiger partial charge in [0.2, 0.25) is 0 Å². The highest BCUT2D eigenvalue weighted by atomic mass is 16.5. The van der Waals surface area contributed by atoms with Crippen LogP contribution >= 0.6 is 0 Å². The number of rotatable bonds is 4.